The Labute approximate surface area is 104 Å². The first kappa shape index (κ1) is 12.3. The van der Waals surface area contributed by atoms with Gasteiger partial charge in [-0.25, -0.2) is 4.98 Å². The molecule has 94 valence electrons. The number of aromatic nitrogens is 2. The summed E-state index contributed by atoms with van der Waals surface area (Å²) in [5.41, 5.74) is 2.00. The minimum Gasteiger partial charge on any atom is -0.431 e. The van der Waals surface area contributed by atoms with Gasteiger partial charge in [0.25, 0.3) is 6.47 Å². The predicted octanol–water partition coefficient (Wildman–Crippen LogP) is 1.28. The zero-order valence-electron chi connectivity index (χ0n) is 9.96. The van der Waals surface area contributed by atoms with Gasteiger partial charge in [0.2, 0.25) is 5.79 Å². The number of rotatable bonds is 5. The number of nitrogens with one attached hydrogen (secondary N) is 1. The minimum atomic E-state index is -1.69. The molecule has 1 atom stereocenters. The summed E-state index contributed by atoms with van der Waals surface area (Å²) in [7, 11) is 0. The lowest BCUT2D eigenvalue weighted by Gasteiger charge is -2.25. The molecule has 18 heavy (non-hydrogen) atoms. The molecule has 0 aliphatic heterocycles. The van der Waals surface area contributed by atoms with Crippen LogP contribution in [0.1, 0.15) is 17.0 Å². The quantitative estimate of drug-likeness (QED) is 0.615. The zero-order chi connectivity index (χ0) is 13.0. The molecule has 0 radical (unpaired) electrons. The third kappa shape index (κ3) is 2.41. The molecule has 1 aromatic carbocycles. The van der Waals surface area contributed by atoms with Gasteiger partial charge in [-0.15, -0.1) is 0 Å². The van der Waals surface area contributed by atoms with E-state index in [2.05, 4.69) is 9.97 Å². The Morgan fingerprint density at radius 1 is 1.44 bits per heavy atom. The monoisotopic (exact) mass is 246 g/mol. The Balaban J connectivity index is 2.33. The molecule has 0 aliphatic carbocycles. The van der Waals surface area contributed by atoms with E-state index >= 15 is 0 Å². The molecule has 2 rings (SSSR count). The highest BCUT2D eigenvalue weighted by Gasteiger charge is 2.33. The Bertz CT molecular complexity index is 524. The summed E-state index contributed by atoms with van der Waals surface area (Å²) in [6.45, 7) is 2.09. The van der Waals surface area contributed by atoms with Gasteiger partial charge in [-0.2, -0.15) is 0 Å². The van der Waals surface area contributed by atoms with Crippen LogP contribution in [0.25, 0.3) is 0 Å². The Morgan fingerprint density at radius 3 is 2.72 bits per heavy atom. The van der Waals surface area contributed by atoms with Crippen LogP contribution in [-0.4, -0.2) is 21.5 Å². The Hall–Kier alpha value is -2.14. The third-order valence-electron chi connectivity index (χ3n) is 2.81. The van der Waals surface area contributed by atoms with Gasteiger partial charge < -0.3 is 14.8 Å². The van der Waals surface area contributed by atoms with E-state index in [0.717, 1.165) is 5.69 Å². The summed E-state index contributed by atoms with van der Waals surface area (Å²) in [5, 5.41) is 10.5. The van der Waals surface area contributed by atoms with Gasteiger partial charge in [0.05, 0.1) is 18.4 Å². The summed E-state index contributed by atoms with van der Waals surface area (Å²) in [5.74, 6) is -1.69. The second-order valence-electron chi connectivity index (χ2n) is 4.02. The highest BCUT2D eigenvalue weighted by Crippen LogP contribution is 2.26. The maximum atomic E-state index is 10.6. The van der Waals surface area contributed by atoms with Crippen molar-refractivity contribution in [1.82, 2.24) is 9.97 Å². The van der Waals surface area contributed by atoms with Crippen LogP contribution in [0.2, 0.25) is 0 Å². The molecular formula is C13H14N2O3. The zero-order valence-corrected chi connectivity index (χ0v) is 9.96. The minimum absolute atomic E-state index is 0.102. The lowest BCUT2D eigenvalue weighted by atomic mass is 10.00. The van der Waals surface area contributed by atoms with Crippen molar-refractivity contribution in [3.8, 4) is 0 Å². The predicted molar refractivity (Wildman–Crippen MR) is 64.5 cm³/mol. The first-order chi connectivity index (χ1) is 8.65. The topological polar surface area (TPSA) is 75.2 Å². The van der Waals surface area contributed by atoms with Gasteiger partial charge >= 0.3 is 0 Å². The first-order valence-electron chi connectivity index (χ1n) is 5.54. The van der Waals surface area contributed by atoms with E-state index in [1.807, 2.05) is 13.0 Å². The molecule has 0 spiro atoms. The number of nitrogens with zero attached hydrogens (tertiary/aromatic N) is 1. The number of hydrogen-bond acceptors (Lipinski definition) is 4. The summed E-state index contributed by atoms with van der Waals surface area (Å²) in [6, 6.07) is 8.76. The molecule has 2 N–H and O–H groups in total. The molecule has 0 saturated heterocycles. The summed E-state index contributed by atoms with van der Waals surface area (Å²) < 4.78 is 4.86. The fourth-order valence-electron chi connectivity index (χ4n) is 1.78. The van der Waals surface area contributed by atoms with Crippen LogP contribution in [0.3, 0.4) is 0 Å². The van der Waals surface area contributed by atoms with E-state index < -0.39 is 5.79 Å². The molecule has 0 fully saturated rings. The van der Waals surface area contributed by atoms with E-state index in [1.165, 1.54) is 6.33 Å². The SMILES string of the molecule is Cc1[nH]cnc1CC(O)(OC=O)c1ccccc1. The van der Waals surface area contributed by atoms with Crippen molar-refractivity contribution < 1.29 is 14.6 Å². The Kier molecular flexibility index (Phi) is 3.43. The highest BCUT2D eigenvalue weighted by atomic mass is 16.6. The molecule has 5 nitrogen and oxygen atoms in total. The van der Waals surface area contributed by atoms with Crippen molar-refractivity contribution in [2.45, 2.75) is 19.1 Å². The first-order valence-corrected chi connectivity index (χ1v) is 5.54. The molecule has 2 aromatic rings. The van der Waals surface area contributed by atoms with Gasteiger partial charge in [-0.1, -0.05) is 30.3 Å². The normalized spacial score (nSPS) is 13.9. The largest absolute Gasteiger partial charge is 0.431 e. The maximum absolute atomic E-state index is 10.6. The molecule has 5 heteroatoms. The molecule has 1 aromatic heterocycles. The van der Waals surface area contributed by atoms with Gasteiger partial charge in [-0.3, -0.25) is 4.79 Å². The second-order valence-corrected chi connectivity index (χ2v) is 4.02. The number of hydrogen-bond donors (Lipinski definition) is 2. The molecule has 0 bridgehead atoms. The molecule has 0 amide bonds. The highest BCUT2D eigenvalue weighted by molar-refractivity contribution is 5.40. The molecule has 1 heterocycles. The fraction of sp³-hybridized carbons (Fsp3) is 0.231. The van der Waals surface area contributed by atoms with Crippen LogP contribution in [0.15, 0.2) is 36.7 Å². The maximum Gasteiger partial charge on any atom is 0.295 e. The van der Waals surface area contributed by atoms with E-state index in [9.17, 15) is 9.90 Å². The number of H-pyrrole nitrogens is 1. The van der Waals surface area contributed by atoms with E-state index in [4.69, 9.17) is 4.74 Å². The van der Waals surface area contributed by atoms with Gasteiger partial charge in [0.1, 0.15) is 0 Å². The van der Waals surface area contributed by atoms with Crippen molar-refractivity contribution in [1.29, 1.82) is 0 Å². The molecule has 1 unspecified atom stereocenters. The summed E-state index contributed by atoms with van der Waals surface area (Å²) in [4.78, 5) is 17.6. The fourth-order valence-corrected chi connectivity index (χ4v) is 1.78. The van der Waals surface area contributed by atoms with Crippen LogP contribution in [-0.2, 0) is 21.7 Å². The van der Waals surface area contributed by atoms with Gasteiger partial charge in [0, 0.05) is 11.3 Å². The average Bonchev–Trinajstić information content (AvgIpc) is 2.76. The number of carbonyl (C=O) groups excluding carboxylic acids is 1. The smallest absolute Gasteiger partial charge is 0.295 e. The number of benzene rings is 1. The van der Waals surface area contributed by atoms with E-state index in [-0.39, 0.29) is 12.9 Å². The number of carbonyl (C=O) groups is 1. The molecular weight excluding hydrogens is 232 g/mol. The van der Waals surface area contributed by atoms with Crippen molar-refractivity contribution in [2.75, 3.05) is 0 Å². The van der Waals surface area contributed by atoms with E-state index in [1.54, 1.807) is 24.3 Å². The standard InChI is InChI=1S/C13H14N2O3/c1-10-12(15-8-14-10)7-13(17,18-9-16)11-5-3-2-4-6-11/h2-6,8-9,17H,7H2,1H3,(H,14,15). The number of aliphatic hydroxyl groups is 1. The average molecular weight is 246 g/mol. The molecule has 0 saturated carbocycles. The van der Waals surface area contributed by atoms with Gasteiger partial charge in [-0.05, 0) is 6.92 Å². The van der Waals surface area contributed by atoms with Crippen LogP contribution in [0.4, 0.5) is 0 Å². The van der Waals surface area contributed by atoms with Gasteiger partial charge in [0.15, 0.2) is 0 Å². The van der Waals surface area contributed by atoms with Crippen molar-refractivity contribution in [3.63, 3.8) is 0 Å². The summed E-state index contributed by atoms with van der Waals surface area (Å²) in [6.07, 6.45) is 1.64. The number of aromatic amines is 1. The van der Waals surface area contributed by atoms with E-state index in [0.29, 0.717) is 11.3 Å². The summed E-state index contributed by atoms with van der Waals surface area (Å²) >= 11 is 0. The van der Waals surface area contributed by atoms with Crippen LogP contribution in [0.5, 0.6) is 0 Å². The molecule has 0 aliphatic rings. The lowest BCUT2D eigenvalue weighted by molar-refractivity contribution is -0.201. The van der Waals surface area contributed by atoms with Crippen molar-refractivity contribution >= 4 is 6.47 Å². The lowest BCUT2D eigenvalue weighted by Crippen LogP contribution is -2.32. The second kappa shape index (κ2) is 5.01. The number of imidazole rings is 1. The Morgan fingerprint density at radius 2 is 2.17 bits per heavy atom. The third-order valence-corrected chi connectivity index (χ3v) is 2.81. The number of aryl methyl sites for hydroxylation is 1. The van der Waals surface area contributed by atoms with Crippen LogP contribution >= 0.6 is 0 Å². The number of ether oxygens (including phenoxy) is 1. The van der Waals surface area contributed by atoms with Crippen molar-refractivity contribution in [3.05, 3.63) is 53.6 Å². The van der Waals surface area contributed by atoms with Crippen molar-refractivity contribution in [2.24, 2.45) is 0 Å². The van der Waals surface area contributed by atoms with Crippen LogP contribution in [0, 0.1) is 6.92 Å². The van der Waals surface area contributed by atoms with Crippen LogP contribution < -0.4 is 0 Å².